The normalized spacial score (nSPS) is 11.2. The third-order valence-electron chi connectivity index (χ3n) is 2.62. The zero-order valence-electron chi connectivity index (χ0n) is 10.3. The van der Waals surface area contributed by atoms with Crippen molar-refractivity contribution < 1.29 is 0 Å². The monoisotopic (exact) mass is 208 g/mol. The van der Waals surface area contributed by atoms with E-state index in [1.807, 2.05) is 0 Å². The van der Waals surface area contributed by atoms with E-state index in [1.165, 1.54) is 25.0 Å². The third kappa shape index (κ3) is 4.52. The number of unbranched alkanes of at least 4 members (excludes halogenated alkanes) is 2. The Morgan fingerprint density at radius 2 is 2.13 bits per heavy atom. The van der Waals surface area contributed by atoms with Gasteiger partial charge in [0.15, 0.2) is 0 Å². The van der Waals surface area contributed by atoms with E-state index in [0.717, 1.165) is 13.1 Å². The highest BCUT2D eigenvalue weighted by atomic mass is 15.0. The SMILES string of the molecule is CCCCCn1cccc1CNC(C)C. The van der Waals surface area contributed by atoms with Crippen LogP contribution in [0.5, 0.6) is 0 Å². The molecule has 1 aromatic heterocycles. The number of nitrogens with zero attached hydrogens (tertiary/aromatic N) is 1. The van der Waals surface area contributed by atoms with Crippen molar-refractivity contribution in [1.82, 2.24) is 9.88 Å². The largest absolute Gasteiger partial charge is 0.350 e. The molecule has 0 bridgehead atoms. The molecule has 1 aromatic rings. The zero-order valence-corrected chi connectivity index (χ0v) is 10.3. The van der Waals surface area contributed by atoms with Gasteiger partial charge < -0.3 is 9.88 Å². The van der Waals surface area contributed by atoms with Gasteiger partial charge in [0.2, 0.25) is 0 Å². The molecular formula is C13H24N2. The molecule has 1 heterocycles. The summed E-state index contributed by atoms with van der Waals surface area (Å²) in [7, 11) is 0. The fraction of sp³-hybridized carbons (Fsp3) is 0.692. The summed E-state index contributed by atoms with van der Waals surface area (Å²) < 4.78 is 2.37. The third-order valence-corrected chi connectivity index (χ3v) is 2.62. The van der Waals surface area contributed by atoms with Crippen LogP contribution in [0, 0.1) is 0 Å². The molecule has 0 aliphatic rings. The van der Waals surface area contributed by atoms with Gasteiger partial charge >= 0.3 is 0 Å². The number of aryl methyl sites for hydroxylation is 1. The molecule has 0 aliphatic carbocycles. The van der Waals surface area contributed by atoms with Gasteiger partial charge in [0, 0.05) is 31.0 Å². The van der Waals surface area contributed by atoms with Crippen molar-refractivity contribution in [2.24, 2.45) is 0 Å². The molecule has 0 radical (unpaired) electrons. The Balaban J connectivity index is 2.39. The highest BCUT2D eigenvalue weighted by Crippen LogP contribution is 2.06. The molecule has 86 valence electrons. The number of nitrogens with one attached hydrogen (secondary N) is 1. The van der Waals surface area contributed by atoms with E-state index in [1.54, 1.807) is 0 Å². The first-order valence-electron chi connectivity index (χ1n) is 6.11. The van der Waals surface area contributed by atoms with Crippen LogP contribution in [0.15, 0.2) is 18.3 Å². The molecule has 15 heavy (non-hydrogen) atoms. The average Bonchev–Trinajstić information content (AvgIpc) is 2.63. The van der Waals surface area contributed by atoms with Gasteiger partial charge in [-0.2, -0.15) is 0 Å². The summed E-state index contributed by atoms with van der Waals surface area (Å²) in [4.78, 5) is 0. The molecule has 1 rings (SSSR count). The summed E-state index contributed by atoms with van der Waals surface area (Å²) in [5.74, 6) is 0. The highest BCUT2D eigenvalue weighted by molar-refractivity contribution is 5.06. The van der Waals surface area contributed by atoms with Crippen molar-refractivity contribution in [2.75, 3.05) is 0 Å². The number of hydrogen-bond donors (Lipinski definition) is 1. The fourth-order valence-electron chi connectivity index (χ4n) is 1.67. The molecule has 1 N–H and O–H groups in total. The summed E-state index contributed by atoms with van der Waals surface area (Å²) in [6.45, 7) is 8.76. The van der Waals surface area contributed by atoms with Crippen LogP contribution in [-0.2, 0) is 13.1 Å². The lowest BCUT2D eigenvalue weighted by molar-refractivity contribution is 0.537. The minimum absolute atomic E-state index is 0.559. The number of aromatic nitrogens is 1. The molecule has 0 saturated carbocycles. The second kappa shape index (κ2) is 6.67. The van der Waals surface area contributed by atoms with Gasteiger partial charge in [0.25, 0.3) is 0 Å². The number of rotatable bonds is 7. The van der Waals surface area contributed by atoms with Crippen LogP contribution >= 0.6 is 0 Å². The molecular weight excluding hydrogens is 184 g/mol. The topological polar surface area (TPSA) is 17.0 Å². The predicted octanol–water partition coefficient (Wildman–Crippen LogP) is 3.18. The smallest absolute Gasteiger partial charge is 0.0361 e. The Bertz CT molecular complexity index is 263. The summed E-state index contributed by atoms with van der Waals surface area (Å²) in [5.41, 5.74) is 1.40. The fourth-order valence-corrected chi connectivity index (χ4v) is 1.67. The standard InChI is InChI=1S/C13H24N2/c1-4-5-6-9-15-10-7-8-13(15)11-14-12(2)3/h7-8,10,12,14H,4-6,9,11H2,1-3H3. The van der Waals surface area contributed by atoms with E-state index in [0.29, 0.717) is 6.04 Å². The van der Waals surface area contributed by atoms with Crippen LogP contribution in [0.25, 0.3) is 0 Å². The van der Waals surface area contributed by atoms with Crippen LogP contribution in [0.2, 0.25) is 0 Å². The van der Waals surface area contributed by atoms with Crippen LogP contribution < -0.4 is 5.32 Å². The molecule has 0 aliphatic heterocycles. The Labute approximate surface area is 93.7 Å². The van der Waals surface area contributed by atoms with Gasteiger partial charge in [-0.3, -0.25) is 0 Å². The quantitative estimate of drug-likeness (QED) is 0.681. The molecule has 0 amide bonds. The van der Waals surface area contributed by atoms with E-state index in [2.05, 4.69) is 49.0 Å². The Kier molecular flexibility index (Phi) is 5.48. The van der Waals surface area contributed by atoms with Crippen molar-refractivity contribution in [3.8, 4) is 0 Å². The van der Waals surface area contributed by atoms with E-state index >= 15 is 0 Å². The maximum atomic E-state index is 3.46. The van der Waals surface area contributed by atoms with Crippen LogP contribution in [0.1, 0.15) is 45.7 Å². The minimum atomic E-state index is 0.559. The lowest BCUT2D eigenvalue weighted by Crippen LogP contribution is -2.23. The van der Waals surface area contributed by atoms with Crippen molar-refractivity contribution >= 4 is 0 Å². The molecule has 0 saturated heterocycles. The molecule has 0 spiro atoms. The second-order valence-corrected chi connectivity index (χ2v) is 4.44. The molecule has 2 heteroatoms. The zero-order chi connectivity index (χ0) is 11.1. The maximum absolute atomic E-state index is 3.46. The first-order valence-corrected chi connectivity index (χ1v) is 6.11. The maximum Gasteiger partial charge on any atom is 0.0361 e. The molecule has 0 aromatic carbocycles. The van der Waals surface area contributed by atoms with Crippen molar-refractivity contribution in [1.29, 1.82) is 0 Å². The molecule has 0 atom stereocenters. The van der Waals surface area contributed by atoms with E-state index in [-0.39, 0.29) is 0 Å². The molecule has 0 fully saturated rings. The number of hydrogen-bond acceptors (Lipinski definition) is 1. The van der Waals surface area contributed by atoms with Crippen LogP contribution in [0.3, 0.4) is 0 Å². The first kappa shape index (κ1) is 12.3. The lowest BCUT2D eigenvalue weighted by Gasteiger charge is -2.11. The van der Waals surface area contributed by atoms with Gasteiger partial charge in [0.05, 0.1) is 0 Å². The Hall–Kier alpha value is -0.760. The van der Waals surface area contributed by atoms with E-state index in [9.17, 15) is 0 Å². The molecule has 0 unspecified atom stereocenters. The average molecular weight is 208 g/mol. The summed E-state index contributed by atoms with van der Waals surface area (Å²) in [5, 5.41) is 3.46. The van der Waals surface area contributed by atoms with Crippen LogP contribution in [0.4, 0.5) is 0 Å². The first-order chi connectivity index (χ1) is 7.24. The van der Waals surface area contributed by atoms with E-state index < -0.39 is 0 Å². The van der Waals surface area contributed by atoms with Crippen LogP contribution in [-0.4, -0.2) is 10.6 Å². The summed E-state index contributed by atoms with van der Waals surface area (Å²) in [6.07, 6.45) is 6.10. The van der Waals surface area contributed by atoms with Gasteiger partial charge in [-0.05, 0) is 18.6 Å². The molecule has 2 nitrogen and oxygen atoms in total. The van der Waals surface area contributed by atoms with Crippen molar-refractivity contribution in [3.05, 3.63) is 24.0 Å². The van der Waals surface area contributed by atoms with Gasteiger partial charge in [0.1, 0.15) is 0 Å². The van der Waals surface area contributed by atoms with Gasteiger partial charge in [-0.1, -0.05) is 33.6 Å². The van der Waals surface area contributed by atoms with E-state index in [4.69, 9.17) is 0 Å². The van der Waals surface area contributed by atoms with Gasteiger partial charge in [-0.25, -0.2) is 0 Å². The second-order valence-electron chi connectivity index (χ2n) is 4.44. The van der Waals surface area contributed by atoms with Crippen molar-refractivity contribution in [3.63, 3.8) is 0 Å². The highest BCUT2D eigenvalue weighted by Gasteiger charge is 2.00. The minimum Gasteiger partial charge on any atom is -0.350 e. The summed E-state index contributed by atoms with van der Waals surface area (Å²) >= 11 is 0. The Morgan fingerprint density at radius 3 is 2.80 bits per heavy atom. The predicted molar refractivity (Wildman–Crippen MR) is 65.9 cm³/mol. The van der Waals surface area contributed by atoms with Crippen molar-refractivity contribution in [2.45, 2.75) is 59.2 Å². The lowest BCUT2D eigenvalue weighted by atomic mass is 10.2. The Morgan fingerprint density at radius 1 is 1.33 bits per heavy atom. The summed E-state index contributed by atoms with van der Waals surface area (Å²) in [6, 6.07) is 4.91. The van der Waals surface area contributed by atoms with Gasteiger partial charge in [-0.15, -0.1) is 0 Å².